The van der Waals surface area contributed by atoms with Gasteiger partial charge in [0, 0.05) is 77.4 Å². The number of fused-ring (bicyclic) bond motifs is 12. The predicted molar refractivity (Wildman–Crippen MR) is 348 cm³/mol. The molecule has 0 amide bonds. The van der Waals surface area contributed by atoms with Crippen molar-refractivity contribution in [1.29, 1.82) is 0 Å². The van der Waals surface area contributed by atoms with Gasteiger partial charge in [-0.2, -0.15) is 0 Å². The maximum atomic E-state index is 2.71. The van der Waals surface area contributed by atoms with Crippen LogP contribution in [0, 0.1) is 6.92 Å². The second-order valence-electron chi connectivity index (χ2n) is 29.9. The lowest BCUT2D eigenvalue weighted by molar-refractivity contribution is 0.520. The Bertz CT molecular complexity index is 4050. The lowest BCUT2D eigenvalue weighted by Crippen LogP contribution is -2.62. The van der Waals surface area contributed by atoms with E-state index in [4.69, 9.17) is 0 Å². The van der Waals surface area contributed by atoms with Gasteiger partial charge in [-0.25, -0.2) is 0 Å². The first-order valence-electron chi connectivity index (χ1n) is 30.5. The molecule has 2 heterocycles. The van der Waals surface area contributed by atoms with Gasteiger partial charge in [-0.15, -0.1) is 0 Å². The zero-order valence-corrected chi connectivity index (χ0v) is 51.6. The fourth-order valence-corrected chi connectivity index (χ4v) is 17.8. The van der Waals surface area contributed by atoms with Crippen LogP contribution in [0.1, 0.15) is 205 Å². The predicted octanol–water partition coefficient (Wildman–Crippen LogP) is 17.9. The van der Waals surface area contributed by atoms with E-state index < -0.39 is 0 Å². The van der Waals surface area contributed by atoms with Gasteiger partial charge in [-0.1, -0.05) is 232 Å². The smallest absolute Gasteiger partial charge is 0.252 e. The minimum atomic E-state index is -0.246. The molecule has 2 nitrogen and oxygen atoms in total. The molecule has 6 aliphatic rings. The molecule has 0 saturated heterocycles. The molecular weight excluding hydrogens is 988 g/mol. The highest BCUT2D eigenvalue weighted by Gasteiger charge is 2.52. The Morgan fingerprint density at radius 1 is 0.244 bits per heavy atom. The summed E-state index contributed by atoms with van der Waals surface area (Å²) in [5.41, 5.74) is 33.8. The molecule has 0 unspecified atom stereocenters. The molecule has 82 heavy (non-hydrogen) atoms. The van der Waals surface area contributed by atoms with Gasteiger partial charge < -0.3 is 9.80 Å². The highest BCUT2D eigenvalue weighted by atomic mass is 15.2. The van der Waals surface area contributed by atoms with Crippen LogP contribution < -0.4 is 26.2 Å². The van der Waals surface area contributed by atoms with Crippen LogP contribution in [-0.4, -0.2) is 6.71 Å². The van der Waals surface area contributed by atoms with Crippen molar-refractivity contribution in [2.75, 3.05) is 9.80 Å². The summed E-state index contributed by atoms with van der Waals surface area (Å²) >= 11 is 0. The first kappa shape index (κ1) is 51.5. The SMILES string of the molecule is Cc1cc2c3c(c1)N(c1ccc4c(c1)C(C)(C)c1ccccc1C4(C)C)c1cc4c(cc1B3c1cc3c(cc1N2c1ccc2c(c1)C(C)(C)c1ccccc1C2(C)C)C(C)(C)c1ccccc1C3(C)C)C(C)(C)c1ccccc1C4(C)C. The molecule has 0 fully saturated rings. The topological polar surface area (TPSA) is 6.48 Å². The van der Waals surface area contributed by atoms with E-state index in [1.54, 1.807) is 0 Å². The molecule has 0 atom stereocenters. The van der Waals surface area contributed by atoms with Crippen LogP contribution in [-0.2, 0) is 43.3 Å². The zero-order valence-electron chi connectivity index (χ0n) is 51.6. The maximum Gasteiger partial charge on any atom is 0.252 e. The van der Waals surface area contributed by atoms with Crippen molar-refractivity contribution < 1.29 is 0 Å². The van der Waals surface area contributed by atoms with Crippen LogP contribution in [0.25, 0.3) is 0 Å². The first-order chi connectivity index (χ1) is 38.6. The average molecular weight is 1070 g/mol. The highest BCUT2D eigenvalue weighted by molar-refractivity contribution is 7.00. The molecule has 0 N–H and O–H groups in total. The molecule has 3 heteroatoms. The zero-order chi connectivity index (χ0) is 57.5. The molecular formula is C79H79BN2. The minimum Gasteiger partial charge on any atom is -0.311 e. The van der Waals surface area contributed by atoms with Crippen molar-refractivity contribution in [3.05, 3.63) is 264 Å². The van der Waals surface area contributed by atoms with Crippen LogP contribution in [0.5, 0.6) is 0 Å². The van der Waals surface area contributed by atoms with Gasteiger partial charge in [0.05, 0.1) is 0 Å². The Balaban J connectivity index is 1.07. The molecule has 0 saturated carbocycles. The van der Waals surface area contributed by atoms with Gasteiger partial charge in [0.15, 0.2) is 0 Å². The summed E-state index contributed by atoms with van der Waals surface area (Å²) in [7, 11) is 0. The Kier molecular flexibility index (Phi) is 10.1. The normalized spacial score (nSPS) is 19.7. The average Bonchev–Trinajstić information content (AvgIpc) is 1.03. The molecule has 9 aromatic carbocycles. The van der Waals surface area contributed by atoms with Crippen molar-refractivity contribution in [1.82, 2.24) is 0 Å². The van der Waals surface area contributed by atoms with E-state index in [9.17, 15) is 0 Å². The molecule has 4 aliphatic carbocycles. The lowest BCUT2D eigenvalue weighted by atomic mass is 9.32. The van der Waals surface area contributed by atoms with E-state index in [0.29, 0.717) is 0 Å². The molecule has 0 bridgehead atoms. The van der Waals surface area contributed by atoms with Crippen molar-refractivity contribution in [3.63, 3.8) is 0 Å². The number of anilines is 6. The maximum absolute atomic E-state index is 2.71. The Hall–Kier alpha value is -7.36. The largest absolute Gasteiger partial charge is 0.311 e. The number of benzene rings is 9. The van der Waals surface area contributed by atoms with Crippen LogP contribution in [0.4, 0.5) is 34.1 Å². The van der Waals surface area contributed by atoms with E-state index in [1.807, 2.05) is 0 Å². The standard InChI is InChI=1S/C79H79BN2/c1-46-38-69-71-70(39-46)82(48-35-37-58-60(41-48)75(8,9)52-29-21-19-27-50(52)73(58,4)5)68-45-64-62(77(12,13)54-31-23-25-33-56(54)79(64,16)17)43-66(68)80(71)65-42-61-63(78(14,15)55-32-24-22-30-53(55)76(61,10)11)44-67(65)81(69)47-34-36-57-59(40-47)74(6,7)51-28-20-18-26-49(51)72(57,2)3/h18-45H,1-17H3. The third kappa shape index (κ3) is 6.33. The number of rotatable bonds is 2. The number of nitrogens with zero attached hydrogens (tertiary/aromatic N) is 2. The highest BCUT2D eigenvalue weighted by Crippen LogP contribution is 2.58. The second-order valence-corrected chi connectivity index (χ2v) is 29.9. The van der Waals surface area contributed by atoms with Gasteiger partial charge >= 0.3 is 0 Å². The second kappa shape index (κ2) is 16.0. The summed E-state index contributed by atoms with van der Waals surface area (Å²) in [5, 5.41) is 0. The van der Waals surface area contributed by atoms with Crippen molar-refractivity contribution >= 4 is 57.2 Å². The molecule has 0 spiro atoms. The Labute approximate surface area is 489 Å². The van der Waals surface area contributed by atoms with Crippen LogP contribution in [0.2, 0.25) is 0 Å². The molecule has 2 aliphatic heterocycles. The van der Waals surface area contributed by atoms with Gasteiger partial charge in [0.25, 0.3) is 6.71 Å². The van der Waals surface area contributed by atoms with Gasteiger partial charge in [0.1, 0.15) is 0 Å². The molecule has 0 radical (unpaired) electrons. The first-order valence-corrected chi connectivity index (χ1v) is 30.5. The van der Waals surface area contributed by atoms with E-state index in [1.165, 1.54) is 145 Å². The Morgan fingerprint density at radius 2 is 0.476 bits per heavy atom. The third-order valence-electron chi connectivity index (χ3n) is 22.5. The summed E-state index contributed by atoms with van der Waals surface area (Å²) in [6.07, 6.45) is 0. The number of aryl methyl sites for hydroxylation is 1. The van der Waals surface area contributed by atoms with E-state index in [-0.39, 0.29) is 50.0 Å². The van der Waals surface area contributed by atoms with Crippen LogP contribution in [0.3, 0.4) is 0 Å². The summed E-state index contributed by atoms with van der Waals surface area (Å²) < 4.78 is 0. The summed E-state index contributed by atoms with van der Waals surface area (Å²) in [6, 6.07) is 67.9. The lowest BCUT2D eigenvalue weighted by Gasteiger charge is -2.50. The quantitative estimate of drug-likeness (QED) is 0.159. The molecule has 408 valence electrons. The van der Waals surface area contributed by atoms with E-state index >= 15 is 0 Å². The van der Waals surface area contributed by atoms with Crippen molar-refractivity contribution in [2.24, 2.45) is 0 Å². The summed E-state index contributed by atoms with van der Waals surface area (Å²) in [6.45, 7) is 41.6. The van der Waals surface area contributed by atoms with Crippen LogP contribution >= 0.6 is 0 Å². The number of hydrogen-bond acceptors (Lipinski definition) is 2. The fourth-order valence-electron chi connectivity index (χ4n) is 17.8. The van der Waals surface area contributed by atoms with E-state index in [2.05, 4.69) is 297 Å². The van der Waals surface area contributed by atoms with Gasteiger partial charge in [-0.3, -0.25) is 0 Å². The Morgan fingerprint density at radius 3 is 0.756 bits per heavy atom. The summed E-state index contributed by atoms with van der Waals surface area (Å²) in [5.74, 6) is 0. The molecule has 0 aromatic heterocycles. The fraction of sp³-hybridized carbons (Fsp3) is 0.316. The molecule has 9 aromatic rings. The van der Waals surface area contributed by atoms with E-state index in [0.717, 1.165) is 0 Å². The third-order valence-corrected chi connectivity index (χ3v) is 22.5. The monoisotopic (exact) mass is 1070 g/mol. The number of hydrogen-bond donors (Lipinski definition) is 0. The van der Waals surface area contributed by atoms with Gasteiger partial charge in [-0.05, 0) is 166 Å². The van der Waals surface area contributed by atoms with Gasteiger partial charge in [0.2, 0.25) is 0 Å². The summed E-state index contributed by atoms with van der Waals surface area (Å²) in [4.78, 5) is 5.43. The van der Waals surface area contributed by atoms with Crippen molar-refractivity contribution in [3.8, 4) is 0 Å². The molecule has 15 rings (SSSR count). The minimum absolute atomic E-state index is 0.0642. The van der Waals surface area contributed by atoms with Crippen LogP contribution in [0.15, 0.2) is 170 Å². The van der Waals surface area contributed by atoms with Crippen molar-refractivity contribution in [2.45, 2.75) is 161 Å².